The van der Waals surface area contributed by atoms with Crippen molar-refractivity contribution >= 4 is 21.6 Å². The van der Waals surface area contributed by atoms with Crippen LogP contribution < -0.4 is 14.8 Å². The topological polar surface area (TPSA) is 87.7 Å². The van der Waals surface area contributed by atoms with Gasteiger partial charge in [0.15, 0.2) is 0 Å². The highest BCUT2D eigenvalue weighted by atomic mass is 32.2. The summed E-state index contributed by atoms with van der Waals surface area (Å²) in [6.45, 7) is 10.2. The molecule has 0 fully saturated rings. The fraction of sp³-hybridized carbons (Fsp3) is 0.409. The first kappa shape index (κ1) is 23.7. The molecular weight excluding hydrogens is 402 g/mol. The number of aryl methyl sites for hydroxylation is 1. The molecule has 0 saturated heterocycles. The van der Waals surface area contributed by atoms with Crippen LogP contribution in [0.2, 0.25) is 0 Å². The molecule has 0 aromatic heterocycles. The lowest BCUT2D eigenvalue weighted by atomic mass is 10.1. The molecule has 2 N–H and O–H groups in total. The van der Waals surface area contributed by atoms with Crippen molar-refractivity contribution in [2.75, 3.05) is 31.5 Å². The zero-order chi connectivity index (χ0) is 22.3. The minimum Gasteiger partial charge on any atom is -0.497 e. The number of rotatable bonds is 10. The molecule has 0 heterocycles. The predicted octanol–water partition coefficient (Wildman–Crippen LogP) is 3.26. The van der Waals surface area contributed by atoms with Gasteiger partial charge in [-0.1, -0.05) is 19.9 Å². The van der Waals surface area contributed by atoms with Crippen LogP contribution in [0.1, 0.15) is 36.7 Å². The molecule has 1 unspecified atom stereocenters. The largest absolute Gasteiger partial charge is 0.497 e. The van der Waals surface area contributed by atoms with Crippen molar-refractivity contribution in [3.05, 3.63) is 53.6 Å². The molecule has 1 atom stereocenters. The van der Waals surface area contributed by atoms with Crippen LogP contribution in [0.15, 0.2) is 47.4 Å². The molecule has 2 rings (SSSR count). The zero-order valence-electron chi connectivity index (χ0n) is 18.2. The van der Waals surface area contributed by atoms with Gasteiger partial charge in [-0.15, -0.1) is 0 Å². The molecule has 0 aliphatic heterocycles. The van der Waals surface area contributed by atoms with Crippen LogP contribution in [-0.4, -0.2) is 52.0 Å². The first-order valence-corrected chi connectivity index (χ1v) is 11.5. The molecule has 8 heteroatoms. The van der Waals surface area contributed by atoms with E-state index in [2.05, 4.69) is 35.7 Å². The minimum atomic E-state index is -3.85. The van der Waals surface area contributed by atoms with E-state index in [1.54, 1.807) is 50.4 Å². The third-order valence-electron chi connectivity index (χ3n) is 5.08. The van der Waals surface area contributed by atoms with E-state index in [0.717, 1.165) is 13.1 Å². The van der Waals surface area contributed by atoms with Gasteiger partial charge in [0.1, 0.15) is 5.75 Å². The number of carbonyl (C=O) groups excluding carboxylic acids is 1. The first-order chi connectivity index (χ1) is 14.2. The van der Waals surface area contributed by atoms with Crippen LogP contribution >= 0.6 is 0 Å². The summed E-state index contributed by atoms with van der Waals surface area (Å²) in [6.07, 6.45) is 0. The fourth-order valence-corrected chi connectivity index (χ4v) is 4.55. The molecule has 2 aromatic rings. The number of likely N-dealkylation sites (N-methyl/N-ethyl adjacent to an activating group) is 1. The number of carbonyl (C=O) groups is 1. The van der Waals surface area contributed by atoms with Crippen molar-refractivity contribution in [1.29, 1.82) is 0 Å². The quantitative estimate of drug-likeness (QED) is 0.600. The van der Waals surface area contributed by atoms with Crippen LogP contribution in [0.25, 0.3) is 0 Å². The third kappa shape index (κ3) is 5.96. The van der Waals surface area contributed by atoms with Crippen LogP contribution in [0, 0.1) is 6.92 Å². The molecule has 0 radical (unpaired) electrons. The molecule has 0 aliphatic carbocycles. The number of hydrogen-bond donors (Lipinski definition) is 2. The van der Waals surface area contributed by atoms with Crippen molar-refractivity contribution in [3.63, 3.8) is 0 Å². The lowest BCUT2D eigenvalue weighted by molar-refractivity contribution is 0.0937. The van der Waals surface area contributed by atoms with E-state index in [1.165, 1.54) is 6.07 Å². The number of benzene rings is 2. The summed E-state index contributed by atoms with van der Waals surface area (Å²) in [5.74, 6) is 0.335. The second-order valence-corrected chi connectivity index (χ2v) is 8.75. The molecule has 2 aromatic carbocycles. The standard InChI is InChI=1S/C22H31N3O4S/c1-6-25(7-2)17(4)15-23-22(26)18-9-8-16(3)21(14-18)30(27,28)24-19-10-12-20(29-5)13-11-19/h8-14,17,24H,6-7,15H2,1-5H3,(H,23,26). The van der Waals surface area contributed by atoms with E-state index >= 15 is 0 Å². The van der Waals surface area contributed by atoms with Gasteiger partial charge in [-0.2, -0.15) is 0 Å². The Bertz CT molecular complexity index is 955. The lowest BCUT2D eigenvalue weighted by Crippen LogP contribution is -2.42. The molecule has 7 nitrogen and oxygen atoms in total. The third-order valence-corrected chi connectivity index (χ3v) is 6.60. The molecule has 164 valence electrons. The maximum atomic E-state index is 12.9. The van der Waals surface area contributed by atoms with Crippen molar-refractivity contribution in [3.8, 4) is 5.75 Å². The second-order valence-electron chi connectivity index (χ2n) is 7.09. The molecular formula is C22H31N3O4S. The number of ether oxygens (including phenoxy) is 1. The number of methoxy groups -OCH3 is 1. The lowest BCUT2D eigenvalue weighted by Gasteiger charge is -2.26. The van der Waals surface area contributed by atoms with Crippen LogP contribution in [0.5, 0.6) is 5.75 Å². The Morgan fingerprint density at radius 3 is 2.30 bits per heavy atom. The van der Waals surface area contributed by atoms with Crippen LogP contribution in [0.4, 0.5) is 5.69 Å². The molecule has 0 bridgehead atoms. The number of sulfonamides is 1. The van der Waals surface area contributed by atoms with Crippen LogP contribution in [-0.2, 0) is 10.0 Å². The summed E-state index contributed by atoms with van der Waals surface area (Å²) >= 11 is 0. The Morgan fingerprint density at radius 1 is 1.10 bits per heavy atom. The first-order valence-electron chi connectivity index (χ1n) is 10.0. The molecule has 1 amide bonds. The number of nitrogens with one attached hydrogen (secondary N) is 2. The van der Waals surface area contributed by atoms with Gasteiger partial charge in [-0.05, 0) is 68.9 Å². The number of hydrogen-bond acceptors (Lipinski definition) is 5. The van der Waals surface area contributed by atoms with Crippen molar-refractivity contribution in [1.82, 2.24) is 10.2 Å². The maximum absolute atomic E-state index is 12.9. The Morgan fingerprint density at radius 2 is 1.73 bits per heavy atom. The van der Waals surface area contributed by atoms with Crippen molar-refractivity contribution in [2.45, 2.75) is 38.6 Å². The smallest absolute Gasteiger partial charge is 0.262 e. The highest BCUT2D eigenvalue weighted by molar-refractivity contribution is 7.92. The van der Waals surface area contributed by atoms with Gasteiger partial charge >= 0.3 is 0 Å². The predicted molar refractivity (Wildman–Crippen MR) is 120 cm³/mol. The van der Waals surface area contributed by atoms with Crippen molar-refractivity contribution < 1.29 is 17.9 Å². The van der Waals surface area contributed by atoms with Gasteiger partial charge < -0.3 is 10.1 Å². The Kier molecular flexibility index (Phi) is 8.25. The number of amides is 1. The highest BCUT2D eigenvalue weighted by Crippen LogP contribution is 2.22. The van der Waals surface area contributed by atoms with E-state index in [-0.39, 0.29) is 16.8 Å². The summed E-state index contributed by atoms with van der Waals surface area (Å²) in [7, 11) is -2.31. The Balaban J connectivity index is 2.17. The normalized spacial score (nSPS) is 12.5. The van der Waals surface area contributed by atoms with Crippen molar-refractivity contribution in [2.24, 2.45) is 0 Å². The average molecular weight is 434 g/mol. The van der Waals surface area contributed by atoms with E-state index < -0.39 is 10.0 Å². The molecule has 0 aliphatic rings. The Hall–Kier alpha value is -2.58. The summed E-state index contributed by atoms with van der Waals surface area (Å²) in [5, 5.41) is 2.90. The highest BCUT2D eigenvalue weighted by Gasteiger charge is 2.20. The monoisotopic (exact) mass is 433 g/mol. The van der Waals surface area contributed by atoms with E-state index in [9.17, 15) is 13.2 Å². The van der Waals surface area contributed by atoms with Gasteiger partial charge in [0.2, 0.25) is 0 Å². The average Bonchev–Trinajstić information content (AvgIpc) is 2.73. The van der Waals surface area contributed by atoms with E-state index in [0.29, 0.717) is 29.1 Å². The summed E-state index contributed by atoms with van der Waals surface area (Å²) < 4.78 is 33.4. The van der Waals surface area contributed by atoms with Gasteiger partial charge in [-0.25, -0.2) is 8.42 Å². The minimum absolute atomic E-state index is 0.0720. The molecule has 0 spiro atoms. The molecule has 30 heavy (non-hydrogen) atoms. The van der Waals surface area contributed by atoms with E-state index in [1.807, 2.05) is 0 Å². The van der Waals surface area contributed by atoms with Gasteiger partial charge in [0.25, 0.3) is 15.9 Å². The number of nitrogens with zero attached hydrogens (tertiary/aromatic N) is 1. The maximum Gasteiger partial charge on any atom is 0.262 e. The summed E-state index contributed by atoms with van der Waals surface area (Å²) in [4.78, 5) is 14.9. The molecule has 0 saturated carbocycles. The van der Waals surface area contributed by atoms with E-state index in [4.69, 9.17) is 4.74 Å². The summed E-state index contributed by atoms with van der Waals surface area (Å²) in [6, 6.07) is 11.5. The summed E-state index contributed by atoms with van der Waals surface area (Å²) in [5.41, 5.74) is 1.28. The van der Waals surface area contributed by atoms with Gasteiger partial charge in [0.05, 0.1) is 12.0 Å². The Labute approximate surface area is 179 Å². The SMILES string of the molecule is CCN(CC)C(C)CNC(=O)c1ccc(C)c(S(=O)(=O)Nc2ccc(OC)cc2)c1. The zero-order valence-corrected chi connectivity index (χ0v) is 19.0. The van der Waals surface area contributed by atoms with Gasteiger partial charge in [0, 0.05) is 23.8 Å². The second kappa shape index (κ2) is 10.4. The van der Waals surface area contributed by atoms with Crippen LogP contribution in [0.3, 0.4) is 0 Å². The van der Waals surface area contributed by atoms with Gasteiger partial charge in [-0.3, -0.25) is 14.4 Å². The fourth-order valence-electron chi connectivity index (χ4n) is 3.22. The number of anilines is 1.